The van der Waals surface area contributed by atoms with E-state index < -0.39 is 0 Å². The summed E-state index contributed by atoms with van der Waals surface area (Å²) in [6.07, 6.45) is 2.09. The van der Waals surface area contributed by atoms with Gasteiger partial charge < -0.3 is 14.2 Å². The Balaban J connectivity index is 2.02. The summed E-state index contributed by atoms with van der Waals surface area (Å²) in [6, 6.07) is 12.7. The molecule has 2 atom stereocenters. The van der Waals surface area contributed by atoms with Gasteiger partial charge in [0, 0.05) is 0 Å². The summed E-state index contributed by atoms with van der Waals surface area (Å²) in [6.45, 7) is 6.74. The molecule has 0 fully saturated rings. The van der Waals surface area contributed by atoms with E-state index in [4.69, 9.17) is 14.2 Å². The van der Waals surface area contributed by atoms with Gasteiger partial charge in [-0.15, -0.1) is 0 Å². The van der Waals surface area contributed by atoms with Crippen LogP contribution in [0.4, 0.5) is 0 Å². The van der Waals surface area contributed by atoms with Crippen molar-refractivity contribution < 1.29 is 14.2 Å². The monoisotopic (exact) mass is 342 g/mol. The summed E-state index contributed by atoms with van der Waals surface area (Å²) in [5, 5.41) is 0. The lowest BCUT2D eigenvalue weighted by molar-refractivity contribution is 0.352. The predicted octanol–water partition coefficient (Wildman–Crippen LogP) is 5.08. The zero-order chi connectivity index (χ0) is 18.4. The Labute approximate surface area is 151 Å². The number of ether oxygens (including phenoxy) is 3. The Morgan fingerprint density at radius 1 is 0.680 bits per heavy atom. The summed E-state index contributed by atoms with van der Waals surface area (Å²) in [5.41, 5.74) is 3.84. The molecule has 0 aromatic heterocycles. The Kier molecular flexibility index (Phi) is 6.74. The third-order valence-electron chi connectivity index (χ3n) is 4.99. The van der Waals surface area contributed by atoms with Crippen LogP contribution >= 0.6 is 0 Å². The Morgan fingerprint density at radius 2 is 1.16 bits per heavy atom. The number of aryl methyl sites for hydroxylation is 1. The third kappa shape index (κ3) is 4.91. The lowest BCUT2D eigenvalue weighted by atomic mass is 9.85. The van der Waals surface area contributed by atoms with Gasteiger partial charge in [-0.2, -0.15) is 0 Å². The normalized spacial score (nSPS) is 13.2. The molecule has 0 saturated carbocycles. The summed E-state index contributed by atoms with van der Waals surface area (Å²) >= 11 is 0. The van der Waals surface area contributed by atoms with Gasteiger partial charge in [0.25, 0.3) is 0 Å². The number of benzene rings is 2. The summed E-state index contributed by atoms with van der Waals surface area (Å²) in [5.74, 6) is 3.68. The van der Waals surface area contributed by atoms with Crippen LogP contribution in [0.25, 0.3) is 0 Å². The summed E-state index contributed by atoms with van der Waals surface area (Å²) < 4.78 is 16.1. The molecule has 0 aliphatic carbocycles. The highest BCUT2D eigenvalue weighted by Crippen LogP contribution is 2.30. The van der Waals surface area contributed by atoms with Gasteiger partial charge in [0.1, 0.15) is 5.75 Å². The van der Waals surface area contributed by atoms with Gasteiger partial charge in [0.05, 0.1) is 21.3 Å². The SMILES string of the molecule is COc1ccc(C[C@@H](C)[C@@H](C)Cc2ccc(OC)c(OC)c2)cc1C. The standard InChI is InChI=1S/C22H30O3/c1-15(11-18-7-9-20(23-4)17(3)13-18)16(2)12-19-8-10-21(24-5)22(14-19)25-6/h7-10,13-16H,11-12H2,1-6H3/t15-,16+/m1/s1. The van der Waals surface area contributed by atoms with Crippen LogP contribution in [0.3, 0.4) is 0 Å². The fraction of sp³-hybridized carbons (Fsp3) is 0.455. The van der Waals surface area contributed by atoms with Crippen molar-refractivity contribution >= 4 is 0 Å². The van der Waals surface area contributed by atoms with E-state index in [1.54, 1.807) is 21.3 Å². The molecule has 2 aromatic carbocycles. The average Bonchev–Trinajstić information content (AvgIpc) is 2.61. The van der Waals surface area contributed by atoms with E-state index in [0.717, 1.165) is 30.1 Å². The van der Waals surface area contributed by atoms with Crippen LogP contribution in [0, 0.1) is 18.8 Å². The maximum absolute atomic E-state index is 5.41. The Morgan fingerprint density at radius 3 is 1.64 bits per heavy atom. The van der Waals surface area contributed by atoms with Crippen molar-refractivity contribution in [3.63, 3.8) is 0 Å². The highest BCUT2D eigenvalue weighted by atomic mass is 16.5. The lowest BCUT2D eigenvalue weighted by Gasteiger charge is -2.21. The lowest BCUT2D eigenvalue weighted by Crippen LogP contribution is -2.14. The van der Waals surface area contributed by atoms with Crippen LogP contribution in [0.2, 0.25) is 0 Å². The summed E-state index contributed by atoms with van der Waals surface area (Å²) in [4.78, 5) is 0. The van der Waals surface area contributed by atoms with Crippen LogP contribution in [0.5, 0.6) is 17.2 Å². The molecule has 2 aromatic rings. The highest BCUT2D eigenvalue weighted by Gasteiger charge is 2.15. The van der Waals surface area contributed by atoms with Crippen molar-refractivity contribution in [1.29, 1.82) is 0 Å². The van der Waals surface area contributed by atoms with Crippen molar-refractivity contribution in [3.05, 3.63) is 53.1 Å². The van der Waals surface area contributed by atoms with E-state index in [-0.39, 0.29) is 0 Å². The smallest absolute Gasteiger partial charge is 0.160 e. The van der Waals surface area contributed by atoms with Crippen LogP contribution < -0.4 is 14.2 Å². The minimum Gasteiger partial charge on any atom is -0.496 e. The molecule has 0 radical (unpaired) electrons. The highest BCUT2D eigenvalue weighted by molar-refractivity contribution is 5.43. The second kappa shape index (κ2) is 8.80. The second-order valence-corrected chi connectivity index (χ2v) is 6.86. The molecule has 3 heteroatoms. The molecule has 136 valence electrons. The average molecular weight is 342 g/mol. The van der Waals surface area contributed by atoms with E-state index in [9.17, 15) is 0 Å². The number of hydrogen-bond acceptors (Lipinski definition) is 3. The molecule has 2 rings (SSSR count). The zero-order valence-electron chi connectivity index (χ0n) is 16.3. The number of methoxy groups -OCH3 is 3. The fourth-order valence-electron chi connectivity index (χ4n) is 3.22. The minimum atomic E-state index is 0.570. The van der Waals surface area contributed by atoms with Gasteiger partial charge in [-0.05, 0) is 66.5 Å². The molecular weight excluding hydrogens is 312 g/mol. The molecule has 25 heavy (non-hydrogen) atoms. The van der Waals surface area contributed by atoms with Gasteiger partial charge in [0.15, 0.2) is 11.5 Å². The van der Waals surface area contributed by atoms with E-state index >= 15 is 0 Å². The van der Waals surface area contributed by atoms with Gasteiger partial charge in [-0.25, -0.2) is 0 Å². The molecule has 0 bridgehead atoms. The molecule has 0 heterocycles. The van der Waals surface area contributed by atoms with Crippen molar-refractivity contribution in [3.8, 4) is 17.2 Å². The molecule has 0 aliphatic rings. The van der Waals surface area contributed by atoms with Crippen molar-refractivity contribution in [2.45, 2.75) is 33.6 Å². The molecule has 0 aliphatic heterocycles. The number of hydrogen-bond donors (Lipinski definition) is 0. The minimum absolute atomic E-state index is 0.570. The molecule has 3 nitrogen and oxygen atoms in total. The van der Waals surface area contributed by atoms with Gasteiger partial charge in [0.2, 0.25) is 0 Å². The van der Waals surface area contributed by atoms with E-state index in [2.05, 4.69) is 51.1 Å². The fourth-order valence-corrected chi connectivity index (χ4v) is 3.22. The molecule has 0 N–H and O–H groups in total. The van der Waals surface area contributed by atoms with Gasteiger partial charge in [-0.1, -0.05) is 32.0 Å². The Hall–Kier alpha value is -2.16. The first-order valence-electron chi connectivity index (χ1n) is 8.82. The first-order chi connectivity index (χ1) is 12.0. The van der Waals surface area contributed by atoms with Gasteiger partial charge >= 0.3 is 0 Å². The first-order valence-corrected chi connectivity index (χ1v) is 8.82. The summed E-state index contributed by atoms with van der Waals surface area (Å²) in [7, 11) is 5.06. The topological polar surface area (TPSA) is 27.7 Å². The molecule has 0 unspecified atom stereocenters. The molecule has 0 spiro atoms. The molecule has 0 amide bonds. The van der Waals surface area contributed by atoms with Crippen LogP contribution in [0.15, 0.2) is 36.4 Å². The van der Waals surface area contributed by atoms with Crippen molar-refractivity contribution in [1.82, 2.24) is 0 Å². The van der Waals surface area contributed by atoms with Crippen molar-refractivity contribution in [2.24, 2.45) is 11.8 Å². The van der Waals surface area contributed by atoms with Crippen LogP contribution in [-0.4, -0.2) is 21.3 Å². The number of rotatable bonds is 8. The van der Waals surface area contributed by atoms with Crippen LogP contribution in [0.1, 0.15) is 30.5 Å². The van der Waals surface area contributed by atoms with Crippen molar-refractivity contribution in [2.75, 3.05) is 21.3 Å². The predicted molar refractivity (Wildman–Crippen MR) is 103 cm³/mol. The maximum Gasteiger partial charge on any atom is 0.160 e. The van der Waals surface area contributed by atoms with E-state index in [1.165, 1.54) is 16.7 Å². The molecule has 0 saturated heterocycles. The largest absolute Gasteiger partial charge is 0.496 e. The Bertz CT molecular complexity index is 694. The van der Waals surface area contributed by atoms with Gasteiger partial charge in [-0.3, -0.25) is 0 Å². The molecular formula is C22H30O3. The quantitative estimate of drug-likeness (QED) is 0.670. The first kappa shape index (κ1) is 19.2. The van der Waals surface area contributed by atoms with E-state index in [0.29, 0.717) is 11.8 Å². The maximum atomic E-state index is 5.41. The van der Waals surface area contributed by atoms with Crippen LogP contribution in [-0.2, 0) is 12.8 Å². The third-order valence-corrected chi connectivity index (χ3v) is 4.99. The second-order valence-electron chi connectivity index (χ2n) is 6.86. The zero-order valence-corrected chi connectivity index (χ0v) is 16.3. The van der Waals surface area contributed by atoms with E-state index in [1.807, 2.05) is 6.07 Å².